The van der Waals surface area contributed by atoms with Gasteiger partial charge in [0.2, 0.25) is 5.91 Å². The first kappa shape index (κ1) is 14.3. The molecule has 0 aliphatic carbocycles. The highest BCUT2D eigenvalue weighted by atomic mass is 16.2. The fraction of sp³-hybridized carbons (Fsp3) is 0.350. The minimum Gasteiger partial charge on any atom is -0.371 e. The lowest BCUT2D eigenvalue weighted by molar-refractivity contribution is -0.117. The van der Waals surface area contributed by atoms with Crippen LogP contribution < -0.4 is 9.80 Å². The van der Waals surface area contributed by atoms with E-state index < -0.39 is 0 Å². The fourth-order valence-corrected chi connectivity index (χ4v) is 3.66. The largest absolute Gasteiger partial charge is 0.371 e. The number of hydrogen-bond donors (Lipinski definition) is 0. The molecule has 2 heterocycles. The molecule has 2 aromatic rings. The van der Waals surface area contributed by atoms with E-state index in [9.17, 15) is 4.79 Å². The van der Waals surface area contributed by atoms with Crippen LogP contribution in [0.5, 0.6) is 0 Å². The second-order valence-electron chi connectivity index (χ2n) is 6.46. The van der Waals surface area contributed by atoms with E-state index in [1.165, 1.54) is 24.1 Å². The SMILES string of the molecule is O=C(Cc1ccccc1)N1CCc2ccc(N3CCCC3)cc21. The van der Waals surface area contributed by atoms with Crippen molar-refractivity contribution in [1.29, 1.82) is 0 Å². The smallest absolute Gasteiger partial charge is 0.231 e. The monoisotopic (exact) mass is 306 g/mol. The first-order chi connectivity index (χ1) is 11.3. The number of hydrogen-bond acceptors (Lipinski definition) is 2. The van der Waals surface area contributed by atoms with Crippen molar-refractivity contribution in [3.8, 4) is 0 Å². The lowest BCUT2D eigenvalue weighted by Crippen LogP contribution is -2.30. The summed E-state index contributed by atoms with van der Waals surface area (Å²) in [7, 11) is 0. The molecule has 3 heteroatoms. The number of amides is 1. The van der Waals surface area contributed by atoms with E-state index >= 15 is 0 Å². The molecule has 2 aliphatic rings. The predicted octanol–water partition coefficient (Wildman–Crippen LogP) is 3.42. The molecule has 0 bridgehead atoms. The average Bonchev–Trinajstić information content (AvgIpc) is 3.25. The van der Waals surface area contributed by atoms with Crippen LogP contribution in [-0.4, -0.2) is 25.5 Å². The molecule has 2 aliphatic heterocycles. The normalized spacial score (nSPS) is 16.7. The molecule has 118 valence electrons. The summed E-state index contributed by atoms with van der Waals surface area (Å²) >= 11 is 0. The first-order valence-corrected chi connectivity index (χ1v) is 8.53. The number of carbonyl (C=O) groups is 1. The maximum Gasteiger partial charge on any atom is 0.231 e. The highest BCUT2D eigenvalue weighted by Gasteiger charge is 2.26. The van der Waals surface area contributed by atoms with E-state index in [2.05, 4.69) is 23.1 Å². The highest BCUT2D eigenvalue weighted by molar-refractivity contribution is 5.97. The van der Waals surface area contributed by atoms with E-state index in [0.29, 0.717) is 6.42 Å². The molecule has 0 spiro atoms. The number of nitrogens with zero attached hydrogens (tertiary/aromatic N) is 2. The van der Waals surface area contributed by atoms with Crippen LogP contribution in [0.25, 0.3) is 0 Å². The molecule has 0 atom stereocenters. The van der Waals surface area contributed by atoms with Crippen LogP contribution >= 0.6 is 0 Å². The van der Waals surface area contributed by atoms with Crippen molar-refractivity contribution in [3.05, 3.63) is 59.7 Å². The molecule has 0 aromatic heterocycles. The van der Waals surface area contributed by atoms with Gasteiger partial charge in [0.05, 0.1) is 6.42 Å². The summed E-state index contributed by atoms with van der Waals surface area (Å²) in [6.07, 6.45) is 3.99. The van der Waals surface area contributed by atoms with Gasteiger partial charge < -0.3 is 9.80 Å². The van der Waals surface area contributed by atoms with Crippen LogP contribution in [0.4, 0.5) is 11.4 Å². The Morgan fingerprint density at radius 1 is 0.957 bits per heavy atom. The van der Waals surface area contributed by atoms with Gasteiger partial charge in [-0.15, -0.1) is 0 Å². The van der Waals surface area contributed by atoms with Gasteiger partial charge >= 0.3 is 0 Å². The first-order valence-electron chi connectivity index (χ1n) is 8.53. The van der Waals surface area contributed by atoms with Crippen LogP contribution in [-0.2, 0) is 17.6 Å². The molecule has 0 unspecified atom stereocenters. The Hall–Kier alpha value is -2.29. The van der Waals surface area contributed by atoms with Crippen molar-refractivity contribution in [1.82, 2.24) is 0 Å². The molecular weight excluding hydrogens is 284 g/mol. The minimum atomic E-state index is 0.202. The molecule has 4 rings (SSSR count). The van der Waals surface area contributed by atoms with Crippen molar-refractivity contribution >= 4 is 17.3 Å². The summed E-state index contributed by atoms with van der Waals surface area (Å²) in [5.74, 6) is 0.202. The molecule has 0 saturated carbocycles. The van der Waals surface area contributed by atoms with Crippen LogP contribution in [0.3, 0.4) is 0 Å². The van der Waals surface area contributed by atoms with Crippen molar-refractivity contribution in [3.63, 3.8) is 0 Å². The second kappa shape index (κ2) is 6.07. The van der Waals surface area contributed by atoms with Crippen LogP contribution in [0.2, 0.25) is 0 Å². The van der Waals surface area contributed by atoms with Crippen LogP contribution in [0.15, 0.2) is 48.5 Å². The molecule has 1 fully saturated rings. The van der Waals surface area contributed by atoms with Crippen LogP contribution in [0, 0.1) is 0 Å². The lowest BCUT2D eigenvalue weighted by Gasteiger charge is -2.22. The van der Waals surface area contributed by atoms with E-state index in [1.807, 2.05) is 35.2 Å². The summed E-state index contributed by atoms with van der Waals surface area (Å²) in [6.45, 7) is 3.08. The Morgan fingerprint density at radius 2 is 1.74 bits per heavy atom. The summed E-state index contributed by atoms with van der Waals surface area (Å²) in [5, 5.41) is 0. The number of rotatable bonds is 3. The Balaban J connectivity index is 1.56. The number of carbonyl (C=O) groups excluding carboxylic acids is 1. The zero-order valence-electron chi connectivity index (χ0n) is 13.4. The lowest BCUT2D eigenvalue weighted by atomic mass is 10.1. The second-order valence-corrected chi connectivity index (χ2v) is 6.46. The summed E-state index contributed by atoms with van der Waals surface area (Å²) in [4.78, 5) is 17.1. The van der Waals surface area contributed by atoms with Gasteiger partial charge in [-0.1, -0.05) is 36.4 Å². The van der Waals surface area contributed by atoms with Crippen LogP contribution in [0.1, 0.15) is 24.0 Å². The van der Waals surface area contributed by atoms with Gasteiger partial charge in [-0.05, 0) is 42.5 Å². The van der Waals surface area contributed by atoms with Gasteiger partial charge in [-0.3, -0.25) is 4.79 Å². The van der Waals surface area contributed by atoms with E-state index in [1.54, 1.807) is 0 Å². The molecule has 1 amide bonds. The van der Waals surface area contributed by atoms with Gasteiger partial charge in [0.15, 0.2) is 0 Å². The number of fused-ring (bicyclic) bond motifs is 1. The van der Waals surface area contributed by atoms with Crippen molar-refractivity contribution in [2.45, 2.75) is 25.7 Å². The van der Waals surface area contributed by atoms with Crippen molar-refractivity contribution < 1.29 is 4.79 Å². The van der Waals surface area contributed by atoms with Gasteiger partial charge in [0.1, 0.15) is 0 Å². The summed E-state index contributed by atoms with van der Waals surface area (Å²) < 4.78 is 0. The average molecular weight is 306 g/mol. The minimum absolute atomic E-state index is 0.202. The van der Waals surface area contributed by atoms with Crippen molar-refractivity contribution in [2.24, 2.45) is 0 Å². The van der Waals surface area contributed by atoms with E-state index in [0.717, 1.165) is 37.3 Å². The summed E-state index contributed by atoms with van der Waals surface area (Å²) in [5.41, 5.74) is 4.77. The predicted molar refractivity (Wildman–Crippen MR) is 94.1 cm³/mol. The van der Waals surface area contributed by atoms with Gasteiger partial charge in [-0.25, -0.2) is 0 Å². The quantitative estimate of drug-likeness (QED) is 0.867. The molecule has 1 saturated heterocycles. The van der Waals surface area contributed by atoms with Gasteiger partial charge in [-0.2, -0.15) is 0 Å². The van der Waals surface area contributed by atoms with Gasteiger partial charge in [0, 0.05) is 31.0 Å². The third-order valence-electron chi connectivity index (χ3n) is 4.93. The Morgan fingerprint density at radius 3 is 2.52 bits per heavy atom. The molecule has 3 nitrogen and oxygen atoms in total. The molecule has 0 N–H and O–H groups in total. The van der Waals surface area contributed by atoms with E-state index in [4.69, 9.17) is 0 Å². The number of benzene rings is 2. The fourth-order valence-electron chi connectivity index (χ4n) is 3.66. The van der Waals surface area contributed by atoms with Crippen molar-refractivity contribution in [2.75, 3.05) is 29.4 Å². The summed E-state index contributed by atoms with van der Waals surface area (Å²) in [6, 6.07) is 16.7. The number of anilines is 2. The van der Waals surface area contributed by atoms with Gasteiger partial charge in [0.25, 0.3) is 0 Å². The highest BCUT2D eigenvalue weighted by Crippen LogP contribution is 2.33. The topological polar surface area (TPSA) is 23.6 Å². The Bertz CT molecular complexity index is 705. The standard InChI is InChI=1S/C20H22N2O/c23-20(14-16-6-2-1-3-7-16)22-13-10-17-8-9-18(15-19(17)22)21-11-4-5-12-21/h1-3,6-9,15H,4-5,10-14H2. The van der Waals surface area contributed by atoms with E-state index in [-0.39, 0.29) is 5.91 Å². The Kier molecular flexibility index (Phi) is 3.78. The third-order valence-corrected chi connectivity index (χ3v) is 4.93. The molecule has 0 radical (unpaired) electrons. The molecule has 2 aromatic carbocycles. The third kappa shape index (κ3) is 2.83. The maximum absolute atomic E-state index is 12.7. The zero-order valence-corrected chi connectivity index (χ0v) is 13.4. The molecular formula is C20H22N2O. The zero-order chi connectivity index (χ0) is 15.6. The maximum atomic E-state index is 12.7. The molecule has 23 heavy (non-hydrogen) atoms. The Labute approximate surface area is 137 Å².